The average Bonchev–Trinajstić information content (AvgIpc) is 3.08. The van der Waals surface area contributed by atoms with Crippen LogP contribution < -0.4 is 15.0 Å². The third kappa shape index (κ3) is 3.42. The fraction of sp³-hybridized carbons (Fsp3) is 0.368. The predicted molar refractivity (Wildman–Crippen MR) is 101 cm³/mol. The van der Waals surface area contributed by atoms with Crippen molar-refractivity contribution in [1.29, 1.82) is 0 Å². The van der Waals surface area contributed by atoms with Crippen molar-refractivity contribution >= 4 is 16.9 Å². The Morgan fingerprint density at radius 3 is 2.93 bits per heavy atom. The summed E-state index contributed by atoms with van der Waals surface area (Å²) in [7, 11) is 3.45. The van der Waals surface area contributed by atoms with Gasteiger partial charge in [0.25, 0.3) is 5.56 Å². The molecule has 1 aromatic carbocycles. The van der Waals surface area contributed by atoms with Gasteiger partial charge in [-0.3, -0.25) is 18.8 Å². The lowest BCUT2D eigenvalue weighted by atomic mass is 10.2. The second-order valence-corrected chi connectivity index (χ2v) is 6.77. The summed E-state index contributed by atoms with van der Waals surface area (Å²) < 4.78 is 14.6. The standard InChI is InChI=1S/C19H21N5O4/c1-22(10-13-11-27-15-5-3-4-6-16(15)28-13)17(25)7-8-24-12-20-18-14(19(24)26)9-21-23(18)2/h3-6,9,12-13H,7-8,10-11H2,1-2H3. The first-order valence-corrected chi connectivity index (χ1v) is 9.02. The number of hydrogen-bond acceptors (Lipinski definition) is 6. The Kier molecular flexibility index (Phi) is 4.72. The fourth-order valence-corrected chi connectivity index (χ4v) is 3.19. The summed E-state index contributed by atoms with van der Waals surface area (Å²) >= 11 is 0. The number of benzene rings is 1. The number of para-hydroxylation sites is 2. The normalized spacial score (nSPS) is 15.6. The van der Waals surface area contributed by atoms with Crippen LogP contribution in [0.2, 0.25) is 0 Å². The molecular formula is C19H21N5O4. The second-order valence-electron chi connectivity index (χ2n) is 6.77. The summed E-state index contributed by atoms with van der Waals surface area (Å²) in [5.41, 5.74) is 0.327. The number of nitrogens with zero attached hydrogens (tertiary/aromatic N) is 5. The van der Waals surface area contributed by atoms with Crippen LogP contribution in [0.25, 0.3) is 11.0 Å². The minimum atomic E-state index is -0.236. The number of likely N-dealkylation sites (N-methyl/N-ethyl adjacent to an activating group) is 1. The Bertz CT molecular complexity index is 1070. The lowest BCUT2D eigenvalue weighted by Crippen LogP contribution is -2.42. The van der Waals surface area contributed by atoms with Gasteiger partial charge in [-0.2, -0.15) is 5.10 Å². The van der Waals surface area contributed by atoms with Crippen LogP contribution in [-0.2, 0) is 18.4 Å². The summed E-state index contributed by atoms with van der Waals surface area (Å²) in [6.45, 7) is 1.04. The van der Waals surface area contributed by atoms with Gasteiger partial charge in [0.1, 0.15) is 12.0 Å². The Balaban J connectivity index is 1.35. The molecule has 146 valence electrons. The summed E-state index contributed by atoms with van der Waals surface area (Å²) in [5, 5.41) is 4.48. The second kappa shape index (κ2) is 7.34. The molecule has 1 amide bonds. The van der Waals surface area contributed by atoms with E-state index in [1.54, 1.807) is 23.7 Å². The van der Waals surface area contributed by atoms with Crippen molar-refractivity contribution in [3.05, 3.63) is 47.1 Å². The molecule has 1 unspecified atom stereocenters. The number of ether oxygens (including phenoxy) is 2. The van der Waals surface area contributed by atoms with Crippen LogP contribution in [0.5, 0.6) is 11.5 Å². The van der Waals surface area contributed by atoms with Crippen LogP contribution in [0.3, 0.4) is 0 Å². The first-order valence-electron chi connectivity index (χ1n) is 9.02. The maximum Gasteiger partial charge on any atom is 0.264 e. The van der Waals surface area contributed by atoms with Gasteiger partial charge in [0.2, 0.25) is 5.91 Å². The van der Waals surface area contributed by atoms with Crippen LogP contribution in [0.1, 0.15) is 6.42 Å². The van der Waals surface area contributed by atoms with Crippen molar-refractivity contribution in [1.82, 2.24) is 24.2 Å². The number of carbonyl (C=O) groups excluding carboxylic acids is 1. The molecule has 9 nitrogen and oxygen atoms in total. The molecule has 4 rings (SSSR count). The van der Waals surface area contributed by atoms with E-state index in [1.165, 1.54) is 17.1 Å². The van der Waals surface area contributed by atoms with E-state index in [0.717, 1.165) is 0 Å². The first kappa shape index (κ1) is 18.0. The molecule has 1 atom stereocenters. The van der Waals surface area contributed by atoms with Gasteiger partial charge in [0.15, 0.2) is 23.3 Å². The molecule has 1 aliphatic heterocycles. The van der Waals surface area contributed by atoms with E-state index in [4.69, 9.17) is 9.47 Å². The summed E-state index contributed by atoms with van der Waals surface area (Å²) in [6, 6.07) is 7.46. The third-order valence-corrected chi connectivity index (χ3v) is 4.76. The average molecular weight is 383 g/mol. The lowest BCUT2D eigenvalue weighted by molar-refractivity contribution is -0.131. The van der Waals surface area contributed by atoms with Crippen molar-refractivity contribution < 1.29 is 14.3 Å². The predicted octanol–water partition coefficient (Wildman–Crippen LogP) is 0.819. The van der Waals surface area contributed by atoms with E-state index in [9.17, 15) is 9.59 Å². The van der Waals surface area contributed by atoms with E-state index in [-0.39, 0.29) is 30.5 Å². The van der Waals surface area contributed by atoms with E-state index in [1.807, 2.05) is 24.3 Å². The molecule has 0 spiro atoms. The summed E-state index contributed by atoms with van der Waals surface area (Å²) in [6.07, 6.45) is 2.90. The van der Waals surface area contributed by atoms with Crippen LogP contribution in [-0.4, -0.2) is 56.4 Å². The number of aryl methyl sites for hydroxylation is 2. The quantitative estimate of drug-likeness (QED) is 0.648. The van der Waals surface area contributed by atoms with Gasteiger partial charge in [0, 0.05) is 27.1 Å². The molecule has 1 aliphatic rings. The summed E-state index contributed by atoms with van der Waals surface area (Å²) in [4.78, 5) is 30.8. The molecule has 0 bridgehead atoms. The highest BCUT2D eigenvalue weighted by Crippen LogP contribution is 2.30. The maximum atomic E-state index is 12.5. The molecule has 3 aromatic rings. The summed E-state index contributed by atoms with van der Waals surface area (Å²) in [5.74, 6) is 1.31. The van der Waals surface area contributed by atoms with Gasteiger partial charge in [-0.25, -0.2) is 4.98 Å². The number of fused-ring (bicyclic) bond motifs is 2. The lowest BCUT2D eigenvalue weighted by Gasteiger charge is -2.29. The van der Waals surface area contributed by atoms with Crippen molar-refractivity contribution in [2.24, 2.45) is 7.05 Å². The number of carbonyl (C=O) groups is 1. The highest BCUT2D eigenvalue weighted by molar-refractivity contribution is 5.76. The molecule has 28 heavy (non-hydrogen) atoms. The number of aromatic nitrogens is 4. The molecule has 0 radical (unpaired) electrons. The van der Waals surface area contributed by atoms with Crippen molar-refractivity contribution in [3.63, 3.8) is 0 Å². The minimum Gasteiger partial charge on any atom is -0.486 e. The SMILES string of the molecule is CN(CC1COc2ccccc2O1)C(=O)CCn1cnc2c(cnn2C)c1=O. The Morgan fingerprint density at radius 1 is 1.32 bits per heavy atom. The molecule has 2 aromatic heterocycles. The van der Waals surface area contributed by atoms with Gasteiger partial charge < -0.3 is 14.4 Å². The molecule has 3 heterocycles. The Morgan fingerprint density at radius 2 is 2.11 bits per heavy atom. The molecule has 0 aliphatic carbocycles. The van der Waals surface area contributed by atoms with Crippen LogP contribution >= 0.6 is 0 Å². The van der Waals surface area contributed by atoms with Gasteiger partial charge in [-0.1, -0.05) is 12.1 Å². The van der Waals surface area contributed by atoms with Gasteiger partial charge >= 0.3 is 0 Å². The Labute approximate surface area is 161 Å². The minimum absolute atomic E-state index is 0.0827. The van der Waals surface area contributed by atoms with Crippen LogP contribution in [0.4, 0.5) is 0 Å². The van der Waals surface area contributed by atoms with Gasteiger partial charge in [0.05, 0.1) is 19.1 Å². The Hall–Kier alpha value is -3.36. The van der Waals surface area contributed by atoms with Crippen LogP contribution in [0.15, 0.2) is 41.6 Å². The fourth-order valence-electron chi connectivity index (χ4n) is 3.19. The topological polar surface area (TPSA) is 91.5 Å². The molecular weight excluding hydrogens is 362 g/mol. The van der Waals surface area contributed by atoms with E-state index in [0.29, 0.717) is 35.7 Å². The zero-order valence-electron chi connectivity index (χ0n) is 15.7. The number of amides is 1. The van der Waals surface area contributed by atoms with E-state index >= 15 is 0 Å². The third-order valence-electron chi connectivity index (χ3n) is 4.76. The maximum absolute atomic E-state index is 12.5. The van der Waals surface area contributed by atoms with Crippen molar-refractivity contribution in [3.8, 4) is 11.5 Å². The zero-order chi connectivity index (χ0) is 19.7. The first-order chi connectivity index (χ1) is 13.5. The highest BCUT2D eigenvalue weighted by atomic mass is 16.6. The number of rotatable bonds is 5. The monoisotopic (exact) mass is 383 g/mol. The molecule has 0 saturated heterocycles. The van der Waals surface area contributed by atoms with Crippen molar-refractivity contribution in [2.45, 2.75) is 19.1 Å². The van der Waals surface area contributed by atoms with Gasteiger partial charge in [-0.15, -0.1) is 0 Å². The van der Waals surface area contributed by atoms with E-state index < -0.39 is 0 Å². The smallest absolute Gasteiger partial charge is 0.264 e. The zero-order valence-corrected chi connectivity index (χ0v) is 15.7. The van der Waals surface area contributed by atoms with E-state index in [2.05, 4.69) is 10.1 Å². The van der Waals surface area contributed by atoms with Gasteiger partial charge in [-0.05, 0) is 12.1 Å². The number of hydrogen-bond donors (Lipinski definition) is 0. The largest absolute Gasteiger partial charge is 0.486 e. The van der Waals surface area contributed by atoms with Crippen molar-refractivity contribution in [2.75, 3.05) is 20.2 Å². The van der Waals surface area contributed by atoms with Crippen LogP contribution in [0, 0.1) is 0 Å². The molecule has 0 saturated carbocycles. The molecule has 9 heteroatoms. The molecule has 0 N–H and O–H groups in total. The molecule has 0 fully saturated rings. The highest BCUT2D eigenvalue weighted by Gasteiger charge is 2.23.